The first-order chi connectivity index (χ1) is 9.00. The number of nitrogens with zero attached hydrogens (tertiary/aromatic N) is 1. The highest BCUT2D eigenvalue weighted by Gasteiger charge is 2.45. The maximum atomic E-state index is 9.04. The molecule has 1 atom stereocenters. The molecule has 1 aromatic rings. The van der Waals surface area contributed by atoms with Crippen molar-refractivity contribution in [2.75, 3.05) is 7.11 Å². The number of nitriles is 1. The summed E-state index contributed by atoms with van der Waals surface area (Å²) in [5.74, 6) is 0.638. The van der Waals surface area contributed by atoms with Crippen molar-refractivity contribution < 1.29 is 14.0 Å². The molecule has 1 aromatic carbocycles. The van der Waals surface area contributed by atoms with Crippen LogP contribution in [0.5, 0.6) is 5.75 Å². The monoisotopic (exact) mass is 259 g/mol. The lowest BCUT2D eigenvalue weighted by Crippen LogP contribution is -2.35. The number of hydrogen-bond donors (Lipinski definition) is 0. The largest absolute Gasteiger partial charge is 0.497 e. The molecule has 0 aliphatic carbocycles. The average molecular weight is 259 g/mol. The third-order valence-corrected chi connectivity index (χ3v) is 3.41. The van der Waals surface area contributed by atoms with Crippen molar-refractivity contribution in [3.05, 3.63) is 23.8 Å². The van der Waals surface area contributed by atoms with E-state index in [4.69, 9.17) is 19.3 Å². The van der Waals surface area contributed by atoms with E-state index >= 15 is 0 Å². The van der Waals surface area contributed by atoms with Gasteiger partial charge in [0, 0.05) is 0 Å². The third kappa shape index (κ3) is 2.75. The molecule has 19 heavy (non-hydrogen) atoms. The van der Waals surface area contributed by atoms with Crippen LogP contribution in [0.15, 0.2) is 18.2 Å². The van der Waals surface area contributed by atoms with Crippen molar-refractivity contribution in [2.24, 2.45) is 0 Å². The van der Waals surface area contributed by atoms with Crippen molar-refractivity contribution in [1.82, 2.24) is 0 Å². The second-order valence-corrected chi connectivity index (χ2v) is 5.19. The maximum absolute atomic E-state index is 9.04. The van der Waals surface area contributed by atoms with Gasteiger partial charge in [0.15, 0.2) is 0 Å². The molecular formula is C14H18BNO3. The summed E-state index contributed by atoms with van der Waals surface area (Å²) in [4.78, 5) is 0. The first-order valence-electron chi connectivity index (χ1n) is 6.42. The van der Waals surface area contributed by atoms with Gasteiger partial charge in [-0.15, -0.1) is 0 Å². The van der Waals surface area contributed by atoms with Gasteiger partial charge in [0.2, 0.25) is 0 Å². The van der Waals surface area contributed by atoms with Crippen LogP contribution in [0.2, 0.25) is 0 Å². The van der Waals surface area contributed by atoms with E-state index in [-0.39, 0.29) is 11.7 Å². The van der Waals surface area contributed by atoms with Gasteiger partial charge in [0.1, 0.15) is 5.75 Å². The van der Waals surface area contributed by atoms with Gasteiger partial charge in [0.25, 0.3) is 0 Å². The highest BCUT2D eigenvalue weighted by atomic mass is 16.7. The predicted octanol–water partition coefficient (Wildman–Crippen LogP) is 1.87. The zero-order chi connectivity index (χ0) is 14.0. The average Bonchev–Trinajstić information content (AvgIpc) is 2.73. The molecule has 0 saturated carbocycles. The van der Waals surface area contributed by atoms with Crippen LogP contribution in [0.1, 0.15) is 32.8 Å². The first kappa shape index (κ1) is 13.9. The maximum Gasteiger partial charge on any atom is 0.494 e. The molecule has 0 aromatic heterocycles. The molecule has 4 nitrogen and oxygen atoms in total. The van der Waals surface area contributed by atoms with E-state index in [0.29, 0.717) is 11.3 Å². The Morgan fingerprint density at radius 3 is 2.68 bits per heavy atom. The summed E-state index contributed by atoms with van der Waals surface area (Å²) in [5, 5.41) is 9.04. The van der Waals surface area contributed by atoms with Gasteiger partial charge in [-0.1, -0.05) is 6.92 Å². The minimum absolute atomic E-state index is 0.0502. The lowest BCUT2D eigenvalue weighted by molar-refractivity contribution is 0.0706. The topological polar surface area (TPSA) is 51.5 Å². The summed E-state index contributed by atoms with van der Waals surface area (Å²) in [5.41, 5.74) is 1.04. The number of rotatable bonds is 3. The van der Waals surface area contributed by atoms with E-state index in [0.717, 1.165) is 11.9 Å². The summed E-state index contributed by atoms with van der Waals surface area (Å²) in [7, 11) is 1.14. The SMILES string of the molecule is CCC1OB(c2cc(C#N)cc(OC)c2)OC1(C)C. The predicted molar refractivity (Wildman–Crippen MR) is 73.4 cm³/mol. The van der Waals surface area contributed by atoms with Crippen LogP contribution < -0.4 is 10.2 Å². The van der Waals surface area contributed by atoms with Crippen molar-refractivity contribution >= 4 is 12.6 Å². The molecule has 1 heterocycles. The van der Waals surface area contributed by atoms with Crippen LogP contribution in [-0.4, -0.2) is 25.9 Å². The zero-order valence-electron chi connectivity index (χ0n) is 11.8. The molecule has 1 saturated heterocycles. The van der Waals surface area contributed by atoms with E-state index in [1.165, 1.54) is 0 Å². The number of benzene rings is 1. The molecule has 1 aliphatic heterocycles. The zero-order valence-corrected chi connectivity index (χ0v) is 11.8. The molecule has 100 valence electrons. The van der Waals surface area contributed by atoms with Crippen LogP contribution in [0.3, 0.4) is 0 Å². The molecule has 5 heteroatoms. The van der Waals surface area contributed by atoms with Gasteiger partial charge < -0.3 is 14.0 Å². The molecule has 1 fully saturated rings. The summed E-state index contributed by atoms with van der Waals surface area (Å²) in [6.07, 6.45) is 0.938. The Morgan fingerprint density at radius 2 is 2.16 bits per heavy atom. The standard InChI is InChI=1S/C14H18BNO3/c1-5-13-14(2,3)19-15(18-13)11-6-10(9-16)7-12(8-11)17-4/h6-8,13H,5H2,1-4H3. The Bertz CT molecular complexity index is 510. The molecule has 1 unspecified atom stereocenters. The minimum Gasteiger partial charge on any atom is -0.497 e. The fraction of sp³-hybridized carbons (Fsp3) is 0.500. The minimum atomic E-state index is -0.442. The Labute approximate surface area is 114 Å². The molecule has 0 N–H and O–H groups in total. The lowest BCUT2D eigenvalue weighted by atomic mass is 9.78. The van der Waals surface area contributed by atoms with Crippen molar-refractivity contribution in [2.45, 2.75) is 38.9 Å². The van der Waals surface area contributed by atoms with Gasteiger partial charge in [-0.3, -0.25) is 0 Å². The van der Waals surface area contributed by atoms with Crippen LogP contribution in [0, 0.1) is 11.3 Å². The molecule has 1 aliphatic rings. The van der Waals surface area contributed by atoms with Gasteiger partial charge in [-0.25, -0.2) is 0 Å². The molecule has 0 radical (unpaired) electrons. The Kier molecular flexibility index (Phi) is 3.84. The normalized spacial score (nSPS) is 21.2. The van der Waals surface area contributed by atoms with Crippen molar-refractivity contribution in [3.63, 3.8) is 0 Å². The Hall–Kier alpha value is -1.51. The molecule has 2 rings (SSSR count). The second kappa shape index (κ2) is 5.24. The highest BCUT2D eigenvalue weighted by Crippen LogP contribution is 2.29. The quantitative estimate of drug-likeness (QED) is 0.777. The van der Waals surface area contributed by atoms with Gasteiger partial charge in [-0.2, -0.15) is 5.26 Å². The third-order valence-electron chi connectivity index (χ3n) is 3.41. The van der Waals surface area contributed by atoms with E-state index in [9.17, 15) is 0 Å². The van der Waals surface area contributed by atoms with Gasteiger partial charge >= 0.3 is 7.12 Å². The lowest BCUT2D eigenvalue weighted by Gasteiger charge is -2.23. The summed E-state index contributed by atoms with van der Waals surface area (Å²) >= 11 is 0. The number of ether oxygens (including phenoxy) is 1. The van der Waals surface area contributed by atoms with Crippen molar-refractivity contribution in [3.8, 4) is 11.8 Å². The van der Waals surface area contributed by atoms with Crippen LogP contribution >= 0.6 is 0 Å². The number of methoxy groups -OCH3 is 1. The van der Waals surface area contributed by atoms with Crippen molar-refractivity contribution in [1.29, 1.82) is 5.26 Å². The van der Waals surface area contributed by atoms with E-state index in [2.05, 4.69) is 13.0 Å². The van der Waals surface area contributed by atoms with Crippen LogP contribution in [0.25, 0.3) is 0 Å². The molecule has 0 bridgehead atoms. The van der Waals surface area contributed by atoms with Gasteiger partial charge in [-0.05, 0) is 43.9 Å². The van der Waals surface area contributed by atoms with Crippen LogP contribution in [-0.2, 0) is 9.31 Å². The summed E-state index contributed by atoms with van der Waals surface area (Å²) in [6.45, 7) is 6.11. The fourth-order valence-electron chi connectivity index (χ4n) is 2.37. The molecular weight excluding hydrogens is 241 g/mol. The Balaban J connectivity index is 2.31. The smallest absolute Gasteiger partial charge is 0.494 e. The van der Waals surface area contributed by atoms with E-state index in [1.807, 2.05) is 19.9 Å². The van der Waals surface area contributed by atoms with E-state index < -0.39 is 7.12 Å². The fourth-order valence-corrected chi connectivity index (χ4v) is 2.37. The van der Waals surface area contributed by atoms with E-state index in [1.54, 1.807) is 19.2 Å². The molecule has 0 spiro atoms. The highest BCUT2D eigenvalue weighted by molar-refractivity contribution is 6.62. The molecule has 0 amide bonds. The first-order valence-corrected chi connectivity index (χ1v) is 6.42. The van der Waals surface area contributed by atoms with Gasteiger partial charge in [0.05, 0.1) is 30.4 Å². The Morgan fingerprint density at radius 1 is 1.42 bits per heavy atom. The second-order valence-electron chi connectivity index (χ2n) is 5.19. The summed E-state index contributed by atoms with van der Waals surface area (Å²) < 4.78 is 17.1. The number of hydrogen-bond acceptors (Lipinski definition) is 4. The van der Waals surface area contributed by atoms with Crippen LogP contribution in [0.4, 0.5) is 0 Å². The summed E-state index contributed by atoms with van der Waals surface area (Å²) in [6, 6.07) is 7.44.